The van der Waals surface area contributed by atoms with Gasteiger partial charge >= 0.3 is 7.60 Å². The molecule has 1 unspecified atom stereocenters. The van der Waals surface area contributed by atoms with Crippen molar-refractivity contribution in [3.63, 3.8) is 0 Å². The molecule has 2 aromatic rings. The fourth-order valence-electron chi connectivity index (χ4n) is 2.59. The van der Waals surface area contributed by atoms with Crippen molar-refractivity contribution >= 4 is 7.60 Å². The topological polar surface area (TPSA) is 44.8 Å². The van der Waals surface area contributed by atoms with Crippen LogP contribution in [0.3, 0.4) is 0 Å². The van der Waals surface area contributed by atoms with Crippen LogP contribution in [0.2, 0.25) is 0 Å². The summed E-state index contributed by atoms with van der Waals surface area (Å²) in [6, 6.07) is 17.3. The third-order valence-electron chi connectivity index (χ3n) is 3.92. The van der Waals surface area contributed by atoms with Gasteiger partial charge in [0.15, 0.2) is 0 Å². The Hall–Kier alpha value is -1.61. The molecule has 0 saturated heterocycles. The molecule has 0 N–H and O–H groups in total. The summed E-state index contributed by atoms with van der Waals surface area (Å²) in [7, 11) is -3.05. The van der Waals surface area contributed by atoms with Gasteiger partial charge in [-0.2, -0.15) is 0 Å². The van der Waals surface area contributed by atoms with Crippen LogP contribution in [0.1, 0.15) is 45.1 Å². The summed E-state index contributed by atoms with van der Waals surface area (Å²) in [6.45, 7) is 4.64. The summed E-state index contributed by atoms with van der Waals surface area (Å²) < 4.78 is 29.9. The molecular formula is C21H29O4P. The molecule has 0 heterocycles. The Labute approximate surface area is 157 Å². The molecule has 1 atom stereocenters. The molecule has 0 spiro atoms. The molecule has 0 aromatic heterocycles. The average molecular weight is 376 g/mol. The minimum absolute atomic E-state index is 0.247. The first-order chi connectivity index (χ1) is 12.6. The average Bonchev–Trinajstić information content (AvgIpc) is 2.65. The number of para-hydroxylation sites is 1. The maximum Gasteiger partial charge on any atom is 0.330 e. The number of benzene rings is 2. The quantitative estimate of drug-likeness (QED) is 0.302. The fraction of sp³-hybridized carbons (Fsp3) is 0.429. The second-order valence-electron chi connectivity index (χ2n) is 6.15. The van der Waals surface area contributed by atoms with Crippen molar-refractivity contribution in [3.05, 3.63) is 60.2 Å². The van der Waals surface area contributed by atoms with Crippen molar-refractivity contribution < 1.29 is 18.3 Å². The van der Waals surface area contributed by atoms with Crippen molar-refractivity contribution in [2.75, 3.05) is 12.8 Å². The first-order valence-electron chi connectivity index (χ1n) is 9.35. The van der Waals surface area contributed by atoms with Gasteiger partial charge in [0.1, 0.15) is 11.5 Å². The standard InChI is InChI=1S/C21H29O4P/c1-3-5-6-10-16-26(22,23-4-2)24-18-19-12-11-15-21(17-19)25-20-13-8-7-9-14-20/h7-9,11-15,17H,3-6,10,16,18H2,1-2H3. The van der Waals surface area contributed by atoms with E-state index in [0.29, 0.717) is 12.8 Å². The van der Waals surface area contributed by atoms with Crippen molar-refractivity contribution in [1.29, 1.82) is 0 Å². The largest absolute Gasteiger partial charge is 0.457 e. The van der Waals surface area contributed by atoms with Crippen LogP contribution in [0.4, 0.5) is 0 Å². The fourth-order valence-corrected chi connectivity index (χ4v) is 4.27. The zero-order valence-corrected chi connectivity index (χ0v) is 16.6. The van der Waals surface area contributed by atoms with E-state index >= 15 is 0 Å². The van der Waals surface area contributed by atoms with E-state index in [1.807, 2.05) is 61.5 Å². The van der Waals surface area contributed by atoms with Gasteiger partial charge in [-0.1, -0.05) is 56.5 Å². The first kappa shape index (κ1) is 20.7. The molecular weight excluding hydrogens is 347 g/mol. The van der Waals surface area contributed by atoms with Crippen molar-refractivity contribution in [3.8, 4) is 11.5 Å². The maximum atomic E-state index is 12.8. The van der Waals surface area contributed by atoms with Crippen LogP contribution in [0.15, 0.2) is 54.6 Å². The number of unbranched alkanes of at least 4 members (excludes halogenated alkanes) is 3. The molecule has 5 heteroatoms. The van der Waals surface area contributed by atoms with E-state index in [2.05, 4.69) is 6.92 Å². The predicted octanol–water partition coefficient (Wildman–Crippen LogP) is 6.81. The molecule has 0 aliphatic rings. The van der Waals surface area contributed by atoms with Gasteiger partial charge in [0.2, 0.25) is 0 Å². The molecule has 26 heavy (non-hydrogen) atoms. The SMILES string of the molecule is CCCCCCP(=O)(OCC)OCc1cccc(Oc2ccccc2)c1. The molecule has 0 aliphatic heterocycles. The summed E-state index contributed by atoms with van der Waals surface area (Å²) >= 11 is 0. The molecule has 0 saturated carbocycles. The number of rotatable bonds is 12. The van der Waals surface area contributed by atoms with E-state index in [0.717, 1.165) is 42.7 Å². The maximum absolute atomic E-state index is 12.8. The Morgan fingerprint density at radius 3 is 2.35 bits per heavy atom. The Morgan fingerprint density at radius 2 is 1.62 bits per heavy atom. The lowest BCUT2D eigenvalue weighted by molar-refractivity contribution is 0.204. The monoisotopic (exact) mass is 376 g/mol. The van der Waals surface area contributed by atoms with Crippen LogP contribution in [0, 0.1) is 0 Å². The lowest BCUT2D eigenvalue weighted by atomic mass is 10.2. The molecule has 142 valence electrons. The second kappa shape index (κ2) is 11.2. The lowest BCUT2D eigenvalue weighted by Gasteiger charge is -2.18. The highest BCUT2D eigenvalue weighted by Gasteiger charge is 2.23. The summed E-state index contributed by atoms with van der Waals surface area (Å²) in [5, 5.41) is 0. The van der Waals surface area contributed by atoms with Crippen molar-refractivity contribution in [2.45, 2.75) is 46.1 Å². The molecule has 0 aliphatic carbocycles. The Bertz CT molecular complexity index is 687. The van der Waals surface area contributed by atoms with Crippen LogP contribution in [0.5, 0.6) is 11.5 Å². The number of hydrogen-bond acceptors (Lipinski definition) is 4. The lowest BCUT2D eigenvalue weighted by Crippen LogP contribution is -2.01. The summed E-state index contributed by atoms with van der Waals surface area (Å²) in [6.07, 6.45) is 4.68. The highest BCUT2D eigenvalue weighted by molar-refractivity contribution is 7.53. The second-order valence-corrected chi connectivity index (χ2v) is 8.33. The minimum atomic E-state index is -3.05. The summed E-state index contributed by atoms with van der Waals surface area (Å²) in [5.41, 5.74) is 0.909. The summed E-state index contributed by atoms with van der Waals surface area (Å²) in [4.78, 5) is 0. The van der Waals surface area contributed by atoms with Crippen LogP contribution in [0.25, 0.3) is 0 Å². The van der Waals surface area contributed by atoms with Gasteiger partial charge < -0.3 is 13.8 Å². The smallest absolute Gasteiger partial charge is 0.330 e. The van der Waals surface area contributed by atoms with Gasteiger partial charge in [0.05, 0.1) is 19.4 Å². The van der Waals surface area contributed by atoms with Gasteiger partial charge in [-0.05, 0) is 43.2 Å². The van der Waals surface area contributed by atoms with E-state index in [1.165, 1.54) is 0 Å². The van der Waals surface area contributed by atoms with Crippen molar-refractivity contribution in [2.24, 2.45) is 0 Å². The van der Waals surface area contributed by atoms with Crippen LogP contribution >= 0.6 is 7.60 Å². The van der Waals surface area contributed by atoms with E-state index in [1.54, 1.807) is 0 Å². The van der Waals surface area contributed by atoms with Crippen molar-refractivity contribution in [1.82, 2.24) is 0 Å². The molecule has 2 rings (SSSR count). The molecule has 0 amide bonds. The minimum Gasteiger partial charge on any atom is -0.457 e. The van der Waals surface area contributed by atoms with Crippen LogP contribution in [-0.4, -0.2) is 12.8 Å². The van der Waals surface area contributed by atoms with Gasteiger partial charge in [0, 0.05) is 0 Å². The van der Waals surface area contributed by atoms with Crippen LogP contribution < -0.4 is 4.74 Å². The molecule has 0 bridgehead atoms. The zero-order valence-electron chi connectivity index (χ0n) is 15.7. The number of ether oxygens (including phenoxy) is 1. The Balaban J connectivity index is 1.93. The molecule has 0 radical (unpaired) electrons. The third kappa shape index (κ3) is 7.33. The van der Waals surface area contributed by atoms with Gasteiger partial charge in [0.25, 0.3) is 0 Å². The van der Waals surface area contributed by atoms with E-state index < -0.39 is 7.60 Å². The highest BCUT2D eigenvalue weighted by Crippen LogP contribution is 2.49. The van der Waals surface area contributed by atoms with Gasteiger partial charge in [-0.25, -0.2) is 0 Å². The third-order valence-corrected chi connectivity index (χ3v) is 5.95. The van der Waals surface area contributed by atoms with E-state index in [4.69, 9.17) is 13.8 Å². The highest BCUT2D eigenvalue weighted by atomic mass is 31.2. The van der Waals surface area contributed by atoms with Crippen LogP contribution in [-0.2, 0) is 20.2 Å². The molecule has 2 aromatic carbocycles. The van der Waals surface area contributed by atoms with Gasteiger partial charge in [-0.15, -0.1) is 0 Å². The van der Waals surface area contributed by atoms with E-state index in [-0.39, 0.29) is 6.61 Å². The Morgan fingerprint density at radius 1 is 0.846 bits per heavy atom. The first-order valence-corrected chi connectivity index (χ1v) is 11.1. The molecule has 0 fully saturated rings. The van der Waals surface area contributed by atoms with Gasteiger partial charge in [-0.3, -0.25) is 4.57 Å². The summed E-state index contributed by atoms with van der Waals surface area (Å²) in [5.74, 6) is 1.51. The molecule has 4 nitrogen and oxygen atoms in total. The van der Waals surface area contributed by atoms with E-state index in [9.17, 15) is 4.57 Å². The number of hydrogen-bond donors (Lipinski definition) is 0. The predicted molar refractivity (Wildman–Crippen MR) is 106 cm³/mol. The zero-order chi connectivity index (χ0) is 18.7. The Kier molecular flexibility index (Phi) is 8.90. The normalized spacial score (nSPS) is 13.3.